The van der Waals surface area contributed by atoms with Crippen molar-refractivity contribution in [1.29, 1.82) is 0 Å². The molecule has 1 aliphatic rings. The molecule has 26 heavy (non-hydrogen) atoms. The van der Waals surface area contributed by atoms with Crippen molar-refractivity contribution in [2.75, 3.05) is 18.5 Å². The van der Waals surface area contributed by atoms with Crippen LogP contribution in [0.25, 0.3) is 11.1 Å². The standard InChI is InChI=1S/C20H16N2O4/c23-19(22-15-6-7-17-18(11-15)26-9-8-25-17)14-10-16(20(24)21-12-14)13-4-2-1-3-5-13/h1-7,10-12H,8-9H2,(H,21,24)(H,22,23). The van der Waals surface area contributed by atoms with Gasteiger partial charge in [0.05, 0.1) is 5.56 Å². The number of anilines is 1. The number of aromatic nitrogens is 1. The number of ether oxygens (including phenoxy) is 2. The Kier molecular flexibility index (Phi) is 4.15. The van der Waals surface area contributed by atoms with Gasteiger partial charge in [0.15, 0.2) is 11.5 Å². The number of carbonyl (C=O) groups excluding carboxylic acids is 1. The third-order valence-corrected chi connectivity index (χ3v) is 4.05. The predicted octanol–water partition coefficient (Wildman–Crippen LogP) is 3.07. The highest BCUT2D eigenvalue weighted by molar-refractivity contribution is 6.04. The largest absolute Gasteiger partial charge is 0.486 e. The lowest BCUT2D eigenvalue weighted by Crippen LogP contribution is -2.18. The third kappa shape index (κ3) is 3.17. The molecule has 1 aliphatic heterocycles. The predicted molar refractivity (Wildman–Crippen MR) is 97.9 cm³/mol. The fraction of sp³-hybridized carbons (Fsp3) is 0.100. The first kappa shape index (κ1) is 16.0. The first-order valence-electron chi connectivity index (χ1n) is 8.20. The van der Waals surface area contributed by atoms with Gasteiger partial charge in [-0.2, -0.15) is 0 Å². The monoisotopic (exact) mass is 348 g/mol. The van der Waals surface area contributed by atoms with E-state index in [0.29, 0.717) is 41.5 Å². The molecule has 1 amide bonds. The summed E-state index contributed by atoms with van der Waals surface area (Å²) in [5, 5.41) is 2.81. The Balaban J connectivity index is 1.60. The molecule has 0 radical (unpaired) electrons. The van der Waals surface area contributed by atoms with Crippen LogP contribution in [-0.2, 0) is 0 Å². The highest BCUT2D eigenvalue weighted by Crippen LogP contribution is 2.32. The highest BCUT2D eigenvalue weighted by atomic mass is 16.6. The number of rotatable bonds is 3. The van der Waals surface area contributed by atoms with Crippen LogP contribution in [0.1, 0.15) is 10.4 Å². The summed E-state index contributed by atoms with van der Waals surface area (Å²) in [6, 6.07) is 16.0. The normalized spacial score (nSPS) is 12.5. The second-order valence-corrected chi connectivity index (χ2v) is 5.81. The Labute approximate surface area is 149 Å². The van der Waals surface area contributed by atoms with Gasteiger partial charge in [0.1, 0.15) is 13.2 Å². The number of hydrogen-bond donors (Lipinski definition) is 2. The van der Waals surface area contributed by atoms with Crippen LogP contribution in [0.2, 0.25) is 0 Å². The molecule has 6 heteroatoms. The van der Waals surface area contributed by atoms with Gasteiger partial charge in [-0.05, 0) is 23.8 Å². The first-order valence-corrected chi connectivity index (χ1v) is 8.20. The Morgan fingerprint density at radius 2 is 1.73 bits per heavy atom. The summed E-state index contributed by atoms with van der Waals surface area (Å²) in [7, 11) is 0. The van der Waals surface area contributed by atoms with Crippen molar-refractivity contribution in [3.63, 3.8) is 0 Å². The van der Waals surface area contributed by atoms with Crippen molar-refractivity contribution < 1.29 is 14.3 Å². The van der Waals surface area contributed by atoms with Crippen LogP contribution in [0, 0.1) is 0 Å². The molecule has 0 saturated heterocycles. The molecule has 0 fully saturated rings. The number of nitrogens with one attached hydrogen (secondary N) is 2. The molecule has 2 heterocycles. The Morgan fingerprint density at radius 3 is 2.54 bits per heavy atom. The maximum absolute atomic E-state index is 12.6. The Hall–Kier alpha value is -3.54. The van der Waals surface area contributed by atoms with Gasteiger partial charge in [-0.3, -0.25) is 9.59 Å². The number of benzene rings is 2. The topological polar surface area (TPSA) is 80.4 Å². The van der Waals surface area contributed by atoms with E-state index in [9.17, 15) is 9.59 Å². The van der Waals surface area contributed by atoms with Gasteiger partial charge in [0.2, 0.25) is 0 Å². The Morgan fingerprint density at radius 1 is 0.962 bits per heavy atom. The van der Waals surface area contributed by atoms with Crippen LogP contribution < -0.4 is 20.3 Å². The fourth-order valence-electron chi connectivity index (χ4n) is 2.77. The van der Waals surface area contributed by atoms with Gasteiger partial charge in [0.25, 0.3) is 11.5 Å². The third-order valence-electron chi connectivity index (χ3n) is 4.05. The average Bonchev–Trinajstić information content (AvgIpc) is 2.69. The molecular weight excluding hydrogens is 332 g/mol. The van der Waals surface area contributed by atoms with Gasteiger partial charge >= 0.3 is 0 Å². The zero-order valence-electron chi connectivity index (χ0n) is 13.8. The second-order valence-electron chi connectivity index (χ2n) is 5.81. The van der Waals surface area contributed by atoms with E-state index in [1.165, 1.54) is 6.20 Å². The summed E-state index contributed by atoms with van der Waals surface area (Å²) in [5.74, 6) is 0.931. The number of carbonyl (C=O) groups is 1. The van der Waals surface area contributed by atoms with E-state index in [0.717, 1.165) is 5.56 Å². The number of amides is 1. The molecule has 2 aromatic carbocycles. The molecule has 0 saturated carbocycles. The van der Waals surface area contributed by atoms with Crippen molar-refractivity contribution in [2.24, 2.45) is 0 Å². The van der Waals surface area contributed by atoms with E-state index in [2.05, 4.69) is 10.3 Å². The summed E-state index contributed by atoms with van der Waals surface area (Å²) in [6.45, 7) is 0.989. The molecule has 3 aromatic rings. The molecule has 6 nitrogen and oxygen atoms in total. The lowest BCUT2D eigenvalue weighted by Gasteiger charge is -2.19. The number of fused-ring (bicyclic) bond motifs is 1. The van der Waals surface area contributed by atoms with Crippen LogP contribution in [0.3, 0.4) is 0 Å². The van der Waals surface area contributed by atoms with Gasteiger partial charge in [-0.25, -0.2) is 0 Å². The van der Waals surface area contributed by atoms with E-state index < -0.39 is 0 Å². The number of pyridine rings is 1. The number of aromatic amines is 1. The van der Waals surface area contributed by atoms with E-state index in [4.69, 9.17) is 9.47 Å². The van der Waals surface area contributed by atoms with Crippen molar-refractivity contribution in [1.82, 2.24) is 4.98 Å². The lowest BCUT2D eigenvalue weighted by molar-refractivity contribution is 0.102. The minimum Gasteiger partial charge on any atom is -0.486 e. The molecule has 2 N–H and O–H groups in total. The Bertz CT molecular complexity index is 1010. The van der Waals surface area contributed by atoms with Crippen LogP contribution in [0.15, 0.2) is 65.6 Å². The van der Waals surface area contributed by atoms with Gasteiger partial charge in [0, 0.05) is 23.5 Å². The highest BCUT2D eigenvalue weighted by Gasteiger charge is 2.14. The van der Waals surface area contributed by atoms with Crippen LogP contribution in [-0.4, -0.2) is 24.1 Å². The maximum Gasteiger partial charge on any atom is 0.257 e. The SMILES string of the molecule is O=C(Nc1ccc2c(c1)OCCO2)c1c[nH]c(=O)c(-c2ccccc2)c1. The van der Waals surface area contributed by atoms with Gasteiger partial charge in [-0.15, -0.1) is 0 Å². The smallest absolute Gasteiger partial charge is 0.257 e. The summed E-state index contributed by atoms with van der Waals surface area (Å²) in [6.07, 6.45) is 1.40. The summed E-state index contributed by atoms with van der Waals surface area (Å²) in [4.78, 5) is 27.3. The maximum atomic E-state index is 12.6. The van der Waals surface area contributed by atoms with Crippen LogP contribution >= 0.6 is 0 Å². The fourth-order valence-corrected chi connectivity index (χ4v) is 2.77. The van der Waals surface area contributed by atoms with Gasteiger partial charge < -0.3 is 19.8 Å². The second kappa shape index (κ2) is 6.76. The van der Waals surface area contributed by atoms with E-state index in [1.807, 2.05) is 30.3 Å². The lowest BCUT2D eigenvalue weighted by atomic mass is 10.1. The first-order chi connectivity index (χ1) is 12.7. The molecule has 4 rings (SSSR count). The molecule has 0 spiro atoms. The minimum atomic E-state index is -0.324. The van der Waals surface area contributed by atoms with Crippen LogP contribution in [0.4, 0.5) is 5.69 Å². The van der Waals surface area contributed by atoms with Gasteiger partial charge in [-0.1, -0.05) is 30.3 Å². The number of hydrogen-bond acceptors (Lipinski definition) is 4. The molecule has 0 atom stereocenters. The molecule has 0 bridgehead atoms. The molecule has 0 unspecified atom stereocenters. The molecule has 130 valence electrons. The van der Waals surface area contributed by atoms with Crippen molar-refractivity contribution in [3.05, 3.63) is 76.7 Å². The molecule has 1 aromatic heterocycles. The average molecular weight is 348 g/mol. The van der Waals surface area contributed by atoms with Crippen molar-refractivity contribution in [2.45, 2.75) is 0 Å². The zero-order chi connectivity index (χ0) is 17.9. The quantitative estimate of drug-likeness (QED) is 0.762. The van der Waals surface area contributed by atoms with E-state index in [-0.39, 0.29) is 11.5 Å². The summed E-state index contributed by atoms with van der Waals surface area (Å²) < 4.78 is 11.0. The van der Waals surface area contributed by atoms with Crippen molar-refractivity contribution >= 4 is 11.6 Å². The zero-order valence-corrected chi connectivity index (χ0v) is 13.8. The summed E-state index contributed by atoms with van der Waals surface area (Å²) in [5.41, 5.74) is 1.90. The summed E-state index contributed by atoms with van der Waals surface area (Å²) >= 11 is 0. The van der Waals surface area contributed by atoms with Crippen molar-refractivity contribution in [3.8, 4) is 22.6 Å². The van der Waals surface area contributed by atoms with Crippen LogP contribution in [0.5, 0.6) is 11.5 Å². The molecule has 0 aliphatic carbocycles. The number of H-pyrrole nitrogens is 1. The minimum absolute atomic E-state index is 0.243. The molecular formula is C20H16N2O4. The van der Waals surface area contributed by atoms with E-state index >= 15 is 0 Å². The van der Waals surface area contributed by atoms with E-state index in [1.54, 1.807) is 24.3 Å².